The summed E-state index contributed by atoms with van der Waals surface area (Å²) in [5, 5.41) is 0.996. The molecule has 1 aromatic carbocycles. The molecule has 156 valence electrons. The Hall–Kier alpha value is -2.93. The lowest BCUT2D eigenvalue weighted by molar-refractivity contribution is -0.0768. The minimum atomic E-state index is -0.292. The van der Waals surface area contributed by atoms with Gasteiger partial charge in [-0.2, -0.15) is 0 Å². The summed E-state index contributed by atoms with van der Waals surface area (Å²) in [5.41, 5.74) is 2.98. The van der Waals surface area contributed by atoms with E-state index < -0.39 is 0 Å². The van der Waals surface area contributed by atoms with Crippen LogP contribution >= 0.6 is 0 Å². The van der Waals surface area contributed by atoms with Gasteiger partial charge in [-0.1, -0.05) is 0 Å². The number of nitrogens with zero attached hydrogens (tertiary/aromatic N) is 4. The van der Waals surface area contributed by atoms with Crippen molar-refractivity contribution in [2.45, 2.75) is 31.8 Å². The van der Waals surface area contributed by atoms with E-state index in [0.29, 0.717) is 0 Å². The molecule has 0 radical (unpaired) electrons. The van der Waals surface area contributed by atoms with Gasteiger partial charge in [0, 0.05) is 19.3 Å². The van der Waals surface area contributed by atoms with Gasteiger partial charge in [-0.15, -0.1) is 0 Å². The minimum absolute atomic E-state index is 0.292. The predicted molar refractivity (Wildman–Crippen MR) is 114 cm³/mol. The van der Waals surface area contributed by atoms with Crippen LogP contribution in [0.4, 0.5) is 5.82 Å². The second-order valence-corrected chi connectivity index (χ2v) is 7.91. The molecule has 3 aromatic rings. The smallest absolute Gasteiger partial charge is 0.164 e. The molecule has 0 bridgehead atoms. The SMILES string of the molecule is COc1cc2c(cc1OC)C1(CCN(c3nc(C)nc4ncccc34)CC1)OCC2. The first-order valence-electron chi connectivity index (χ1n) is 10.4. The topological polar surface area (TPSA) is 69.6 Å². The minimum Gasteiger partial charge on any atom is -0.493 e. The van der Waals surface area contributed by atoms with Crippen molar-refractivity contribution < 1.29 is 14.2 Å². The maximum Gasteiger partial charge on any atom is 0.164 e. The van der Waals surface area contributed by atoms with Crippen LogP contribution in [0.3, 0.4) is 0 Å². The van der Waals surface area contributed by atoms with Crippen LogP contribution < -0.4 is 14.4 Å². The molecule has 0 amide bonds. The first kappa shape index (κ1) is 19.1. The Labute approximate surface area is 176 Å². The number of rotatable bonds is 3. The molecule has 30 heavy (non-hydrogen) atoms. The number of ether oxygens (including phenoxy) is 3. The highest BCUT2D eigenvalue weighted by atomic mass is 16.5. The molecule has 5 rings (SSSR count). The zero-order chi connectivity index (χ0) is 20.7. The number of hydrogen-bond acceptors (Lipinski definition) is 7. The van der Waals surface area contributed by atoms with E-state index in [1.807, 2.05) is 19.1 Å². The molecule has 2 aliphatic rings. The van der Waals surface area contributed by atoms with E-state index in [2.05, 4.69) is 27.0 Å². The zero-order valence-electron chi connectivity index (χ0n) is 17.6. The molecule has 7 nitrogen and oxygen atoms in total. The fourth-order valence-electron chi connectivity index (χ4n) is 4.77. The highest BCUT2D eigenvalue weighted by Crippen LogP contribution is 2.46. The van der Waals surface area contributed by atoms with Crippen molar-refractivity contribution in [3.63, 3.8) is 0 Å². The summed E-state index contributed by atoms with van der Waals surface area (Å²) in [5.74, 6) is 3.24. The zero-order valence-corrected chi connectivity index (χ0v) is 17.6. The van der Waals surface area contributed by atoms with E-state index in [4.69, 9.17) is 19.2 Å². The van der Waals surface area contributed by atoms with E-state index in [1.165, 1.54) is 11.1 Å². The van der Waals surface area contributed by atoms with Crippen molar-refractivity contribution in [3.8, 4) is 11.5 Å². The normalized spacial score (nSPS) is 17.8. The van der Waals surface area contributed by atoms with Crippen LogP contribution in [0.5, 0.6) is 11.5 Å². The van der Waals surface area contributed by atoms with E-state index in [1.54, 1.807) is 20.4 Å². The van der Waals surface area contributed by atoms with Crippen LogP contribution in [-0.4, -0.2) is 48.9 Å². The van der Waals surface area contributed by atoms with Gasteiger partial charge in [-0.05, 0) is 61.6 Å². The van der Waals surface area contributed by atoms with Gasteiger partial charge in [0.25, 0.3) is 0 Å². The number of benzene rings is 1. The fourth-order valence-corrected chi connectivity index (χ4v) is 4.77. The van der Waals surface area contributed by atoms with Gasteiger partial charge in [-0.3, -0.25) is 0 Å². The fraction of sp³-hybridized carbons (Fsp3) is 0.435. The molecule has 2 aromatic heterocycles. The molecular weight excluding hydrogens is 380 g/mol. The summed E-state index contributed by atoms with van der Waals surface area (Å²) in [6.07, 6.45) is 4.45. The molecular formula is C23H26N4O3. The number of piperidine rings is 1. The Morgan fingerprint density at radius 2 is 1.83 bits per heavy atom. The molecule has 1 spiro atoms. The van der Waals surface area contributed by atoms with Crippen molar-refractivity contribution >= 4 is 16.9 Å². The number of anilines is 1. The third-order valence-electron chi connectivity index (χ3n) is 6.28. The first-order valence-corrected chi connectivity index (χ1v) is 10.4. The molecule has 2 aliphatic heterocycles. The number of pyridine rings is 1. The van der Waals surface area contributed by atoms with Crippen LogP contribution in [0.15, 0.2) is 30.5 Å². The summed E-state index contributed by atoms with van der Waals surface area (Å²) in [7, 11) is 3.36. The third kappa shape index (κ3) is 3.04. The summed E-state index contributed by atoms with van der Waals surface area (Å²) in [6, 6.07) is 8.20. The third-order valence-corrected chi connectivity index (χ3v) is 6.28. The van der Waals surface area contributed by atoms with Gasteiger partial charge in [-0.25, -0.2) is 15.0 Å². The van der Waals surface area contributed by atoms with Crippen molar-refractivity contribution in [1.82, 2.24) is 15.0 Å². The number of aryl methyl sites for hydroxylation is 1. The van der Waals surface area contributed by atoms with E-state index in [9.17, 15) is 0 Å². The number of methoxy groups -OCH3 is 2. The lowest BCUT2D eigenvalue weighted by atomic mass is 9.79. The van der Waals surface area contributed by atoms with E-state index >= 15 is 0 Å². The van der Waals surface area contributed by atoms with Gasteiger partial charge in [0.05, 0.1) is 31.8 Å². The van der Waals surface area contributed by atoms with Gasteiger partial charge in [0.1, 0.15) is 11.6 Å². The van der Waals surface area contributed by atoms with E-state index in [-0.39, 0.29) is 5.60 Å². The highest BCUT2D eigenvalue weighted by molar-refractivity contribution is 5.86. The monoisotopic (exact) mass is 406 g/mol. The summed E-state index contributed by atoms with van der Waals surface area (Å²) >= 11 is 0. The Morgan fingerprint density at radius 3 is 2.60 bits per heavy atom. The molecule has 0 unspecified atom stereocenters. The standard InChI is InChI=1S/C23H26N4O3/c1-15-25-21-17(5-4-9-24-21)22(26-15)27-10-7-23(8-11-27)18-14-20(29-3)19(28-2)13-16(18)6-12-30-23/h4-5,9,13-14H,6-8,10-12H2,1-3H3. The second kappa shape index (κ2) is 7.40. The lowest BCUT2D eigenvalue weighted by Gasteiger charge is -2.45. The molecule has 0 saturated carbocycles. The highest BCUT2D eigenvalue weighted by Gasteiger charge is 2.42. The molecule has 4 heterocycles. The maximum absolute atomic E-state index is 6.43. The quantitative estimate of drug-likeness (QED) is 0.660. The van der Waals surface area contributed by atoms with Crippen molar-refractivity contribution in [1.29, 1.82) is 0 Å². The van der Waals surface area contributed by atoms with Crippen LogP contribution in [0.1, 0.15) is 29.8 Å². The number of aromatic nitrogens is 3. The van der Waals surface area contributed by atoms with Crippen LogP contribution in [0, 0.1) is 6.92 Å². The Morgan fingerprint density at radius 1 is 1.07 bits per heavy atom. The molecule has 7 heteroatoms. The maximum atomic E-state index is 6.43. The summed E-state index contributed by atoms with van der Waals surface area (Å²) in [4.78, 5) is 16.0. The first-order chi connectivity index (χ1) is 14.6. The van der Waals surface area contributed by atoms with Gasteiger partial charge in [0.15, 0.2) is 17.1 Å². The molecule has 0 atom stereocenters. The van der Waals surface area contributed by atoms with Crippen LogP contribution in [0.25, 0.3) is 11.0 Å². The van der Waals surface area contributed by atoms with Crippen LogP contribution in [0.2, 0.25) is 0 Å². The largest absolute Gasteiger partial charge is 0.493 e. The van der Waals surface area contributed by atoms with E-state index in [0.717, 1.165) is 73.1 Å². The molecule has 0 aliphatic carbocycles. The van der Waals surface area contributed by atoms with Crippen molar-refractivity contribution in [3.05, 3.63) is 47.4 Å². The lowest BCUT2D eigenvalue weighted by Crippen LogP contribution is -2.47. The molecule has 1 fully saturated rings. The van der Waals surface area contributed by atoms with Gasteiger partial charge < -0.3 is 19.1 Å². The Balaban J connectivity index is 1.47. The second-order valence-electron chi connectivity index (χ2n) is 7.91. The summed E-state index contributed by atoms with van der Waals surface area (Å²) < 4.78 is 17.5. The van der Waals surface area contributed by atoms with Crippen LogP contribution in [-0.2, 0) is 16.8 Å². The van der Waals surface area contributed by atoms with Crippen molar-refractivity contribution in [2.24, 2.45) is 0 Å². The summed E-state index contributed by atoms with van der Waals surface area (Å²) in [6.45, 7) is 4.35. The number of fused-ring (bicyclic) bond motifs is 3. The Bertz CT molecular complexity index is 1090. The molecule has 0 N–H and O–H groups in total. The van der Waals surface area contributed by atoms with Crippen molar-refractivity contribution in [2.75, 3.05) is 38.8 Å². The Kier molecular flexibility index (Phi) is 4.70. The van der Waals surface area contributed by atoms with Gasteiger partial charge >= 0.3 is 0 Å². The predicted octanol–water partition coefficient (Wildman–Crippen LogP) is 3.42. The average molecular weight is 406 g/mol. The average Bonchev–Trinajstić information content (AvgIpc) is 2.78. The number of hydrogen-bond donors (Lipinski definition) is 0. The van der Waals surface area contributed by atoms with Gasteiger partial charge in [0.2, 0.25) is 0 Å². The molecule has 1 saturated heterocycles.